The summed E-state index contributed by atoms with van der Waals surface area (Å²) in [5, 5.41) is 10.9. The number of hydrogen-bond donors (Lipinski definition) is 0. The highest BCUT2D eigenvalue weighted by Gasteiger charge is 2.54. The van der Waals surface area contributed by atoms with Gasteiger partial charge in [-0.15, -0.1) is 0 Å². The Morgan fingerprint density at radius 3 is 2.14 bits per heavy atom. The average molecular weight is 492 g/mol. The number of non-ortho nitro benzene ring substituents is 1. The smallest absolute Gasteiger partial charge is 0.269 e. The van der Waals surface area contributed by atoms with Crippen molar-refractivity contribution in [3.63, 3.8) is 0 Å². The topological polar surface area (TPSA) is 107 Å². The fraction of sp³-hybridized carbons (Fsp3) is 0.423. The molecule has 0 unspecified atom stereocenters. The molecule has 10 nitrogen and oxygen atoms in total. The van der Waals surface area contributed by atoms with Gasteiger partial charge < -0.3 is 19.6 Å². The van der Waals surface area contributed by atoms with Gasteiger partial charge >= 0.3 is 0 Å². The fourth-order valence-corrected chi connectivity index (χ4v) is 5.54. The first-order chi connectivity index (χ1) is 17.4. The van der Waals surface area contributed by atoms with Crippen LogP contribution in [0.25, 0.3) is 0 Å². The molecule has 1 spiro atoms. The van der Waals surface area contributed by atoms with Crippen molar-refractivity contribution in [2.75, 3.05) is 44.3 Å². The zero-order valence-electron chi connectivity index (χ0n) is 20.0. The first kappa shape index (κ1) is 23.8. The van der Waals surface area contributed by atoms with Crippen LogP contribution in [0.15, 0.2) is 54.6 Å². The molecule has 3 aliphatic heterocycles. The molecule has 3 fully saturated rings. The zero-order chi connectivity index (χ0) is 25.3. The van der Waals surface area contributed by atoms with Crippen molar-refractivity contribution < 1.29 is 19.3 Å². The Balaban J connectivity index is 1.34. The van der Waals surface area contributed by atoms with Crippen molar-refractivity contribution in [2.45, 2.75) is 31.2 Å². The molecule has 0 saturated carbocycles. The summed E-state index contributed by atoms with van der Waals surface area (Å²) in [4.78, 5) is 57.4. The standard InChI is InChI=1S/C26H29N5O5/c32-23(27-14-4-5-15-27)18-29-19-30(21-6-2-1-3-7-21)26(25(29)34)12-16-28(17-13-26)24(33)20-8-10-22(11-9-20)31(35)36/h1-3,6-11H,4-5,12-19H2. The van der Waals surface area contributed by atoms with Gasteiger partial charge in [-0.2, -0.15) is 0 Å². The number of carbonyl (C=O) groups excluding carboxylic acids is 3. The molecule has 5 rings (SSSR count). The van der Waals surface area contributed by atoms with E-state index in [1.165, 1.54) is 24.3 Å². The molecule has 2 aromatic rings. The van der Waals surface area contributed by atoms with Crippen LogP contribution in [0, 0.1) is 10.1 Å². The number of piperidine rings is 1. The molecule has 3 heterocycles. The number of carbonyl (C=O) groups is 3. The van der Waals surface area contributed by atoms with Gasteiger partial charge in [0.1, 0.15) is 12.1 Å². The zero-order valence-corrected chi connectivity index (χ0v) is 20.0. The quantitative estimate of drug-likeness (QED) is 0.470. The molecule has 0 N–H and O–H groups in total. The lowest BCUT2D eigenvalue weighted by molar-refractivity contribution is -0.384. The second-order valence-corrected chi connectivity index (χ2v) is 9.62. The number of nitrogens with zero attached hydrogens (tertiary/aromatic N) is 5. The number of amides is 3. The van der Waals surface area contributed by atoms with Gasteiger partial charge in [0.2, 0.25) is 5.91 Å². The lowest BCUT2D eigenvalue weighted by Gasteiger charge is -2.43. The second kappa shape index (κ2) is 9.60. The van der Waals surface area contributed by atoms with Crippen LogP contribution >= 0.6 is 0 Å². The van der Waals surface area contributed by atoms with Crippen molar-refractivity contribution in [3.8, 4) is 0 Å². The molecule has 36 heavy (non-hydrogen) atoms. The Labute approximate surface area is 209 Å². The summed E-state index contributed by atoms with van der Waals surface area (Å²) < 4.78 is 0. The van der Waals surface area contributed by atoms with E-state index in [-0.39, 0.29) is 30.0 Å². The highest BCUT2D eigenvalue weighted by molar-refractivity contribution is 5.97. The van der Waals surface area contributed by atoms with E-state index in [0.29, 0.717) is 38.2 Å². The van der Waals surface area contributed by atoms with Crippen LogP contribution in [0.4, 0.5) is 11.4 Å². The van der Waals surface area contributed by atoms with Gasteiger partial charge in [0.05, 0.1) is 11.6 Å². The Bertz CT molecular complexity index is 1160. The van der Waals surface area contributed by atoms with E-state index in [9.17, 15) is 24.5 Å². The number of anilines is 1. The van der Waals surface area contributed by atoms with E-state index in [1.54, 1.807) is 9.80 Å². The SMILES string of the molecule is O=C(CN1CN(c2ccccc2)C2(CCN(C(=O)c3ccc([N+](=O)[O-])cc3)CC2)C1=O)N1CCCC1. The molecule has 0 bridgehead atoms. The maximum Gasteiger partial charge on any atom is 0.269 e. The Morgan fingerprint density at radius 2 is 1.53 bits per heavy atom. The third-order valence-corrected chi connectivity index (χ3v) is 7.57. The lowest BCUT2D eigenvalue weighted by Crippen LogP contribution is -2.57. The summed E-state index contributed by atoms with van der Waals surface area (Å²) in [7, 11) is 0. The number of benzene rings is 2. The third-order valence-electron chi connectivity index (χ3n) is 7.57. The summed E-state index contributed by atoms with van der Waals surface area (Å²) in [6.45, 7) is 2.63. The Hall–Kier alpha value is -3.95. The average Bonchev–Trinajstić information content (AvgIpc) is 3.53. The second-order valence-electron chi connectivity index (χ2n) is 9.62. The molecule has 0 radical (unpaired) electrons. The van der Waals surface area contributed by atoms with Gasteiger partial charge in [-0.05, 0) is 49.9 Å². The van der Waals surface area contributed by atoms with E-state index in [0.717, 1.165) is 31.6 Å². The largest absolute Gasteiger partial charge is 0.341 e. The highest BCUT2D eigenvalue weighted by atomic mass is 16.6. The lowest BCUT2D eigenvalue weighted by atomic mass is 9.85. The van der Waals surface area contributed by atoms with Crippen molar-refractivity contribution in [1.29, 1.82) is 0 Å². The van der Waals surface area contributed by atoms with Gasteiger partial charge in [-0.25, -0.2) is 0 Å². The molecule has 188 valence electrons. The molecule has 3 aliphatic rings. The van der Waals surface area contributed by atoms with Crippen molar-refractivity contribution >= 4 is 29.1 Å². The van der Waals surface area contributed by atoms with E-state index in [2.05, 4.69) is 4.90 Å². The van der Waals surface area contributed by atoms with Crippen LogP contribution in [0.5, 0.6) is 0 Å². The molecule has 0 atom stereocenters. The first-order valence-electron chi connectivity index (χ1n) is 12.3. The van der Waals surface area contributed by atoms with Crippen LogP contribution < -0.4 is 4.90 Å². The van der Waals surface area contributed by atoms with Crippen molar-refractivity contribution in [1.82, 2.24) is 14.7 Å². The molecule has 0 aromatic heterocycles. The summed E-state index contributed by atoms with van der Waals surface area (Å²) in [5.74, 6) is -0.296. The van der Waals surface area contributed by atoms with E-state index < -0.39 is 10.5 Å². The predicted molar refractivity (Wildman–Crippen MR) is 132 cm³/mol. The molecular weight excluding hydrogens is 462 g/mol. The number of likely N-dealkylation sites (tertiary alicyclic amines) is 2. The van der Waals surface area contributed by atoms with Crippen LogP contribution in [0.1, 0.15) is 36.0 Å². The van der Waals surface area contributed by atoms with Gasteiger partial charge in [-0.3, -0.25) is 24.5 Å². The van der Waals surface area contributed by atoms with E-state index in [1.807, 2.05) is 35.2 Å². The van der Waals surface area contributed by atoms with Crippen molar-refractivity contribution in [3.05, 3.63) is 70.3 Å². The van der Waals surface area contributed by atoms with E-state index >= 15 is 0 Å². The maximum atomic E-state index is 13.8. The molecular formula is C26H29N5O5. The van der Waals surface area contributed by atoms with Crippen LogP contribution in [0.3, 0.4) is 0 Å². The van der Waals surface area contributed by atoms with Crippen LogP contribution in [-0.4, -0.2) is 82.3 Å². The molecule has 3 saturated heterocycles. The Kier molecular flexibility index (Phi) is 6.34. The van der Waals surface area contributed by atoms with Gasteiger partial charge in [0.15, 0.2) is 0 Å². The van der Waals surface area contributed by atoms with E-state index in [4.69, 9.17) is 0 Å². The first-order valence-corrected chi connectivity index (χ1v) is 12.3. The van der Waals surface area contributed by atoms with Crippen molar-refractivity contribution in [2.24, 2.45) is 0 Å². The number of para-hydroxylation sites is 1. The summed E-state index contributed by atoms with van der Waals surface area (Å²) >= 11 is 0. The number of nitro groups is 1. The molecule has 2 aromatic carbocycles. The predicted octanol–water partition coefficient (Wildman–Crippen LogP) is 2.50. The normalized spacial score (nSPS) is 19.3. The molecule has 10 heteroatoms. The highest BCUT2D eigenvalue weighted by Crippen LogP contribution is 2.39. The molecule has 0 aliphatic carbocycles. The number of nitro benzene ring substituents is 1. The van der Waals surface area contributed by atoms with Gasteiger partial charge in [-0.1, -0.05) is 18.2 Å². The minimum atomic E-state index is -0.821. The molecule has 3 amide bonds. The number of hydrogen-bond acceptors (Lipinski definition) is 6. The monoisotopic (exact) mass is 491 g/mol. The minimum Gasteiger partial charge on any atom is -0.341 e. The van der Waals surface area contributed by atoms with Crippen LogP contribution in [-0.2, 0) is 9.59 Å². The third kappa shape index (κ3) is 4.27. The number of rotatable bonds is 5. The van der Waals surface area contributed by atoms with Crippen LogP contribution in [0.2, 0.25) is 0 Å². The fourth-order valence-electron chi connectivity index (χ4n) is 5.54. The summed E-state index contributed by atoms with van der Waals surface area (Å²) in [5.41, 5.74) is 0.408. The summed E-state index contributed by atoms with van der Waals surface area (Å²) in [6, 6.07) is 15.3. The van der Waals surface area contributed by atoms with Gasteiger partial charge in [0, 0.05) is 49.6 Å². The minimum absolute atomic E-state index is 0.0169. The maximum absolute atomic E-state index is 13.8. The summed E-state index contributed by atoms with van der Waals surface area (Å²) in [6.07, 6.45) is 2.87. The Morgan fingerprint density at radius 1 is 0.889 bits per heavy atom. The van der Waals surface area contributed by atoms with Gasteiger partial charge in [0.25, 0.3) is 17.5 Å².